The first-order valence-corrected chi connectivity index (χ1v) is 11.4. The van der Waals surface area contributed by atoms with Gasteiger partial charge in [-0.2, -0.15) is 5.10 Å². The molecule has 0 atom stereocenters. The molecule has 2 aromatic rings. The average molecular weight is 455 g/mol. The largest absolute Gasteiger partial charge is 0.489 e. The van der Waals surface area contributed by atoms with Crippen LogP contribution < -0.4 is 10.2 Å². The Bertz CT molecular complexity index is 871. The molecule has 0 spiro atoms. The van der Waals surface area contributed by atoms with Crippen molar-refractivity contribution in [1.82, 2.24) is 5.43 Å². The van der Waals surface area contributed by atoms with Crippen LogP contribution in [0.15, 0.2) is 47.6 Å². The highest BCUT2D eigenvalue weighted by Crippen LogP contribution is 2.45. The molecule has 0 bridgehead atoms. The molecule has 1 N–H and O–H groups in total. The van der Waals surface area contributed by atoms with Crippen molar-refractivity contribution >= 4 is 58.8 Å². The monoisotopic (exact) mass is 454 g/mol. The number of hydrazone groups is 1. The number of thioether (sulfide) groups is 2. The smallest absolute Gasteiger partial charge is 0.242 e. The third-order valence-electron chi connectivity index (χ3n) is 4.05. The minimum atomic E-state index is -0.0783. The summed E-state index contributed by atoms with van der Waals surface area (Å²) < 4.78 is 5.76. The van der Waals surface area contributed by atoms with E-state index in [9.17, 15) is 4.79 Å². The summed E-state index contributed by atoms with van der Waals surface area (Å²) in [5.74, 6) is 2.79. The third kappa shape index (κ3) is 6.34. The first kappa shape index (κ1) is 21.4. The van der Waals surface area contributed by atoms with Crippen LogP contribution in [0.2, 0.25) is 10.0 Å². The van der Waals surface area contributed by atoms with Crippen LogP contribution >= 0.6 is 46.7 Å². The number of halogens is 2. The first-order chi connectivity index (χ1) is 13.4. The van der Waals surface area contributed by atoms with E-state index in [1.165, 1.54) is 0 Å². The molecule has 0 radical (unpaired) electrons. The number of amides is 1. The van der Waals surface area contributed by atoms with Crippen molar-refractivity contribution in [2.75, 3.05) is 11.5 Å². The molecule has 1 saturated heterocycles. The van der Waals surface area contributed by atoms with E-state index in [1.54, 1.807) is 18.3 Å². The van der Waals surface area contributed by atoms with Gasteiger partial charge in [-0.3, -0.25) is 4.79 Å². The lowest BCUT2D eigenvalue weighted by Gasteiger charge is -2.19. The summed E-state index contributed by atoms with van der Waals surface area (Å²) >= 11 is 15.7. The van der Waals surface area contributed by atoms with Crippen molar-refractivity contribution in [1.29, 1.82) is 0 Å². The Morgan fingerprint density at radius 1 is 1.25 bits per heavy atom. The number of benzene rings is 2. The van der Waals surface area contributed by atoms with Crippen LogP contribution in [0, 0.1) is 0 Å². The molecule has 4 nitrogen and oxygen atoms in total. The Kier molecular flexibility index (Phi) is 7.57. The molecule has 8 heteroatoms. The summed E-state index contributed by atoms with van der Waals surface area (Å²) in [5, 5.41) is 5.22. The maximum atomic E-state index is 12.1. The van der Waals surface area contributed by atoms with Gasteiger partial charge in [0.05, 0.1) is 16.7 Å². The summed E-state index contributed by atoms with van der Waals surface area (Å²) in [4.78, 5) is 12.1. The minimum absolute atomic E-state index is 0.0453. The molecular weight excluding hydrogens is 435 g/mol. The fraction of sp³-hybridized carbons (Fsp3) is 0.300. The molecule has 28 heavy (non-hydrogen) atoms. The topological polar surface area (TPSA) is 50.7 Å². The molecule has 1 aliphatic rings. The Morgan fingerprint density at radius 3 is 2.79 bits per heavy atom. The Hall–Kier alpha value is -1.34. The maximum absolute atomic E-state index is 12.1. The summed E-state index contributed by atoms with van der Waals surface area (Å²) in [7, 11) is 0. The number of hydrogen-bond donors (Lipinski definition) is 1. The minimum Gasteiger partial charge on any atom is -0.489 e. The van der Waals surface area contributed by atoms with Gasteiger partial charge in [-0.15, -0.1) is 23.5 Å². The normalized spacial score (nSPS) is 15.7. The van der Waals surface area contributed by atoms with Gasteiger partial charge in [0.2, 0.25) is 5.91 Å². The lowest BCUT2D eigenvalue weighted by Crippen LogP contribution is -2.26. The molecular formula is C20H20Cl2N2O2S2. The summed E-state index contributed by atoms with van der Waals surface area (Å²) in [6.07, 6.45) is 2.06. The number of carbonyl (C=O) groups is 1. The van der Waals surface area contributed by atoms with E-state index >= 15 is 0 Å². The van der Waals surface area contributed by atoms with Gasteiger partial charge in [-0.1, -0.05) is 41.4 Å². The number of ether oxygens (including phenoxy) is 1. The summed E-state index contributed by atoms with van der Waals surface area (Å²) in [6, 6.07) is 12.8. The van der Waals surface area contributed by atoms with Gasteiger partial charge in [-0.05, 0) is 36.8 Å². The zero-order valence-corrected chi connectivity index (χ0v) is 18.4. The van der Waals surface area contributed by atoms with Crippen LogP contribution in [0.5, 0.6) is 5.75 Å². The molecule has 0 aliphatic carbocycles. The van der Waals surface area contributed by atoms with Crippen LogP contribution in [-0.2, 0) is 11.4 Å². The van der Waals surface area contributed by atoms with Crippen molar-refractivity contribution in [3.05, 3.63) is 63.6 Å². The molecule has 1 amide bonds. The predicted octanol–water partition coefficient (Wildman–Crippen LogP) is 5.61. The van der Waals surface area contributed by atoms with Gasteiger partial charge in [0.25, 0.3) is 0 Å². The van der Waals surface area contributed by atoms with E-state index in [4.69, 9.17) is 27.9 Å². The van der Waals surface area contributed by atoms with Crippen molar-refractivity contribution < 1.29 is 9.53 Å². The van der Waals surface area contributed by atoms with Crippen molar-refractivity contribution in [3.63, 3.8) is 0 Å². The van der Waals surface area contributed by atoms with Crippen molar-refractivity contribution in [2.24, 2.45) is 5.10 Å². The zero-order valence-electron chi connectivity index (χ0n) is 15.3. The summed E-state index contributed by atoms with van der Waals surface area (Å²) in [6.45, 7) is 2.44. The molecule has 2 aromatic carbocycles. The van der Waals surface area contributed by atoms with E-state index in [2.05, 4.69) is 17.5 Å². The molecule has 0 aromatic heterocycles. The first-order valence-electron chi connectivity index (χ1n) is 8.70. The van der Waals surface area contributed by atoms with Crippen LogP contribution in [0.4, 0.5) is 0 Å². The number of rotatable bonds is 7. The molecule has 0 saturated carbocycles. The van der Waals surface area contributed by atoms with Crippen LogP contribution in [-0.4, -0.2) is 27.7 Å². The van der Waals surface area contributed by atoms with Gasteiger partial charge >= 0.3 is 0 Å². The number of carbonyl (C=O) groups excluding carboxylic acids is 1. The SMILES string of the molecule is CC1(CC(=O)N/N=C\c2cccc(OCc3ccc(Cl)cc3Cl)c2)SCCS1. The summed E-state index contributed by atoms with van der Waals surface area (Å²) in [5.41, 5.74) is 4.29. The Labute approximate surface area is 183 Å². The van der Waals surface area contributed by atoms with Crippen LogP contribution in [0.3, 0.4) is 0 Å². The fourth-order valence-electron chi connectivity index (χ4n) is 2.65. The molecule has 1 heterocycles. The van der Waals surface area contributed by atoms with Crippen LogP contribution in [0.1, 0.15) is 24.5 Å². The number of nitrogens with zero attached hydrogens (tertiary/aromatic N) is 1. The quantitative estimate of drug-likeness (QED) is 0.436. The highest BCUT2D eigenvalue weighted by atomic mass is 35.5. The molecule has 3 rings (SSSR count). The standard InChI is InChI=1S/C20H20Cl2N2O2S2/c1-20(27-7-8-28-20)11-19(25)24-23-12-14-3-2-4-17(9-14)26-13-15-5-6-16(21)10-18(15)22/h2-6,9-10,12H,7-8,11,13H2,1H3,(H,24,25)/b23-12-. The van der Waals surface area contributed by atoms with Gasteiger partial charge < -0.3 is 4.74 Å². The van der Waals surface area contributed by atoms with E-state index in [0.717, 1.165) is 22.6 Å². The second-order valence-electron chi connectivity index (χ2n) is 6.40. The van der Waals surface area contributed by atoms with Gasteiger partial charge in [0.1, 0.15) is 12.4 Å². The molecule has 148 valence electrons. The lowest BCUT2D eigenvalue weighted by molar-refractivity contribution is -0.121. The van der Waals surface area contributed by atoms with Crippen LogP contribution in [0.25, 0.3) is 0 Å². The predicted molar refractivity (Wildman–Crippen MR) is 121 cm³/mol. The molecule has 0 unspecified atom stereocenters. The Morgan fingerprint density at radius 2 is 2.04 bits per heavy atom. The Balaban J connectivity index is 1.52. The second kappa shape index (κ2) is 9.92. The lowest BCUT2D eigenvalue weighted by atomic mass is 10.2. The second-order valence-corrected chi connectivity index (χ2v) is 10.7. The van der Waals surface area contributed by atoms with Gasteiger partial charge in [0, 0.05) is 27.1 Å². The number of hydrogen-bond acceptors (Lipinski definition) is 5. The fourth-order valence-corrected chi connectivity index (χ4v) is 5.95. The van der Waals surface area contributed by atoms with Crippen molar-refractivity contribution in [3.8, 4) is 5.75 Å². The zero-order chi connectivity index (χ0) is 20.0. The van der Waals surface area contributed by atoms with Gasteiger partial charge in [0.15, 0.2) is 0 Å². The average Bonchev–Trinajstić information content (AvgIpc) is 3.07. The number of nitrogens with one attached hydrogen (secondary N) is 1. The van der Waals surface area contributed by atoms with E-state index in [1.807, 2.05) is 53.9 Å². The highest BCUT2D eigenvalue weighted by molar-refractivity contribution is 8.21. The van der Waals surface area contributed by atoms with E-state index < -0.39 is 0 Å². The highest BCUT2D eigenvalue weighted by Gasteiger charge is 2.32. The van der Waals surface area contributed by atoms with Crippen molar-refractivity contribution in [2.45, 2.75) is 24.0 Å². The van der Waals surface area contributed by atoms with E-state index in [0.29, 0.717) is 28.8 Å². The maximum Gasteiger partial charge on any atom is 0.242 e. The third-order valence-corrected chi connectivity index (χ3v) is 7.93. The van der Waals surface area contributed by atoms with Gasteiger partial charge in [-0.25, -0.2) is 5.43 Å². The van der Waals surface area contributed by atoms with E-state index in [-0.39, 0.29) is 9.99 Å². The molecule has 1 aliphatic heterocycles. The molecule has 1 fully saturated rings.